The molecule has 0 fully saturated rings. The van der Waals surface area contributed by atoms with Crippen LogP contribution in [-0.2, 0) is 0 Å². The van der Waals surface area contributed by atoms with Crippen LogP contribution in [-0.4, -0.2) is 29.1 Å². The van der Waals surface area contributed by atoms with E-state index < -0.39 is 11.8 Å². The SMILES string of the molecule is CC(C)N(C)c1nccc(C(=O)O)c1F. The van der Waals surface area contributed by atoms with Crippen molar-refractivity contribution in [1.82, 2.24) is 4.98 Å². The lowest BCUT2D eigenvalue weighted by molar-refractivity contribution is 0.0691. The smallest absolute Gasteiger partial charge is 0.338 e. The number of carboxylic acids is 1. The summed E-state index contributed by atoms with van der Waals surface area (Å²) in [6.07, 6.45) is 1.29. The molecule has 0 aromatic carbocycles. The molecule has 0 saturated carbocycles. The predicted octanol–water partition coefficient (Wildman–Crippen LogP) is 1.76. The fourth-order valence-electron chi connectivity index (χ4n) is 1.09. The predicted molar refractivity (Wildman–Crippen MR) is 54.7 cm³/mol. The lowest BCUT2D eigenvalue weighted by Crippen LogP contribution is -2.28. The molecule has 82 valence electrons. The van der Waals surface area contributed by atoms with Crippen LogP contribution in [0, 0.1) is 5.82 Å². The Kier molecular flexibility index (Phi) is 3.24. The fraction of sp³-hybridized carbons (Fsp3) is 0.400. The van der Waals surface area contributed by atoms with Crippen LogP contribution in [0.15, 0.2) is 12.3 Å². The second-order valence-electron chi connectivity index (χ2n) is 3.51. The number of aromatic nitrogens is 1. The molecular weight excluding hydrogens is 199 g/mol. The molecule has 0 unspecified atom stereocenters. The van der Waals surface area contributed by atoms with Gasteiger partial charge in [0.05, 0.1) is 0 Å². The van der Waals surface area contributed by atoms with Gasteiger partial charge in [-0.3, -0.25) is 0 Å². The molecule has 15 heavy (non-hydrogen) atoms. The summed E-state index contributed by atoms with van der Waals surface area (Å²) in [5.74, 6) is -2.01. The van der Waals surface area contributed by atoms with Crippen LogP contribution in [0.1, 0.15) is 24.2 Å². The largest absolute Gasteiger partial charge is 0.478 e. The monoisotopic (exact) mass is 212 g/mol. The molecule has 0 aliphatic rings. The Morgan fingerprint density at radius 3 is 2.67 bits per heavy atom. The molecule has 0 spiro atoms. The zero-order valence-electron chi connectivity index (χ0n) is 8.86. The van der Waals surface area contributed by atoms with Gasteiger partial charge in [-0.05, 0) is 19.9 Å². The van der Waals surface area contributed by atoms with Crippen molar-refractivity contribution in [2.24, 2.45) is 0 Å². The van der Waals surface area contributed by atoms with Gasteiger partial charge < -0.3 is 10.0 Å². The summed E-state index contributed by atoms with van der Waals surface area (Å²) in [7, 11) is 1.67. The minimum Gasteiger partial charge on any atom is -0.478 e. The zero-order valence-corrected chi connectivity index (χ0v) is 8.86. The molecule has 0 atom stereocenters. The minimum absolute atomic E-state index is 0.0519. The van der Waals surface area contributed by atoms with Gasteiger partial charge in [0, 0.05) is 19.3 Å². The molecule has 0 amide bonds. The lowest BCUT2D eigenvalue weighted by Gasteiger charge is -2.23. The summed E-state index contributed by atoms with van der Waals surface area (Å²) in [5.41, 5.74) is -0.354. The number of carboxylic acid groups (broad SMARTS) is 1. The maximum atomic E-state index is 13.6. The maximum absolute atomic E-state index is 13.6. The molecule has 4 nitrogen and oxygen atoms in total. The van der Waals surface area contributed by atoms with Crippen molar-refractivity contribution in [2.45, 2.75) is 19.9 Å². The molecule has 0 radical (unpaired) electrons. The van der Waals surface area contributed by atoms with Crippen LogP contribution in [0.5, 0.6) is 0 Å². The van der Waals surface area contributed by atoms with E-state index in [-0.39, 0.29) is 17.4 Å². The maximum Gasteiger partial charge on any atom is 0.338 e. The number of pyridine rings is 1. The number of rotatable bonds is 3. The molecule has 5 heteroatoms. The van der Waals surface area contributed by atoms with E-state index in [4.69, 9.17) is 5.11 Å². The number of hydrogen-bond acceptors (Lipinski definition) is 3. The van der Waals surface area contributed by atoms with Crippen molar-refractivity contribution in [3.8, 4) is 0 Å². The van der Waals surface area contributed by atoms with E-state index >= 15 is 0 Å². The average Bonchev–Trinajstić information content (AvgIpc) is 2.16. The molecule has 1 aromatic heterocycles. The fourth-order valence-corrected chi connectivity index (χ4v) is 1.09. The number of carbonyl (C=O) groups is 1. The van der Waals surface area contributed by atoms with Crippen molar-refractivity contribution < 1.29 is 14.3 Å². The number of halogens is 1. The van der Waals surface area contributed by atoms with Gasteiger partial charge in [-0.1, -0.05) is 0 Å². The summed E-state index contributed by atoms with van der Waals surface area (Å²) in [4.78, 5) is 16.1. The summed E-state index contributed by atoms with van der Waals surface area (Å²) in [6.45, 7) is 3.74. The van der Waals surface area contributed by atoms with E-state index in [2.05, 4.69) is 4.98 Å². The highest BCUT2D eigenvalue weighted by molar-refractivity contribution is 5.88. The number of nitrogens with zero attached hydrogens (tertiary/aromatic N) is 2. The molecule has 0 aliphatic heterocycles. The van der Waals surface area contributed by atoms with E-state index in [1.807, 2.05) is 13.8 Å². The van der Waals surface area contributed by atoms with Crippen LogP contribution in [0.2, 0.25) is 0 Å². The van der Waals surface area contributed by atoms with Crippen LogP contribution in [0.3, 0.4) is 0 Å². The third-order valence-electron chi connectivity index (χ3n) is 2.21. The highest BCUT2D eigenvalue weighted by Crippen LogP contribution is 2.19. The third kappa shape index (κ3) is 2.23. The molecule has 1 aromatic rings. The van der Waals surface area contributed by atoms with E-state index in [1.165, 1.54) is 6.20 Å². The first-order chi connectivity index (χ1) is 6.95. The van der Waals surface area contributed by atoms with Gasteiger partial charge in [0.2, 0.25) is 0 Å². The lowest BCUT2D eigenvalue weighted by atomic mass is 10.2. The average molecular weight is 212 g/mol. The van der Waals surface area contributed by atoms with E-state index in [0.29, 0.717) is 0 Å². The van der Waals surface area contributed by atoms with Crippen LogP contribution < -0.4 is 4.90 Å². The first-order valence-electron chi connectivity index (χ1n) is 4.55. The van der Waals surface area contributed by atoms with Crippen LogP contribution >= 0.6 is 0 Å². The van der Waals surface area contributed by atoms with E-state index in [1.54, 1.807) is 11.9 Å². The van der Waals surface area contributed by atoms with Gasteiger partial charge in [-0.25, -0.2) is 14.2 Å². The Hall–Kier alpha value is -1.65. The molecule has 0 aliphatic carbocycles. The van der Waals surface area contributed by atoms with Crippen molar-refractivity contribution in [1.29, 1.82) is 0 Å². The second kappa shape index (κ2) is 4.25. The van der Waals surface area contributed by atoms with Crippen LogP contribution in [0.25, 0.3) is 0 Å². The highest BCUT2D eigenvalue weighted by Gasteiger charge is 2.18. The summed E-state index contributed by atoms with van der Waals surface area (Å²) >= 11 is 0. The molecule has 1 heterocycles. The van der Waals surface area contributed by atoms with E-state index in [0.717, 1.165) is 6.07 Å². The minimum atomic E-state index is -1.28. The summed E-state index contributed by atoms with van der Waals surface area (Å²) < 4.78 is 13.6. The molecular formula is C10H13FN2O2. The molecule has 1 N–H and O–H groups in total. The number of anilines is 1. The van der Waals surface area contributed by atoms with Gasteiger partial charge in [0.25, 0.3) is 0 Å². The third-order valence-corrected chi connectivity index (χ3v) is 2.21. The van der Waals surface area contributed by atoms with Crippen LogP contribution in [0.4, 0.5) is 10.2 Å². The van der Waals surface area contributed by atoms with Gasteiger partial charge in [-0.15, -0.1) is 0 Å². The quantitative estimate of drug-likeness (QED) is 0.829. The Balaban J connectivity index is 3.21. The number of aromatic carboxylic acids is 1. The normalized spacial score (nSPS) is 10.5. The second-order valence-corrected chi connectivity index (χ2v) is 3.51. The van der Waals surface area contributed by atoms with Crippen molar-refractivity contribution in [3.05, 3.63) is 23.6 Å². The van der Waals surface area contributed by atoms with Gasteiger partial charge >= 0.3 is 5.97 Å². The van der Waals surface area contributed by atoms with Crippen molar-refractivity contribution in [3.63, 3.8) is 0 Å². The van der Waals surface area contributed by atoms with Crippen molar-refractivity contribution in [2.75, 3.05) is 11.9 Å². The number of hydrogen-bond donors (Lipinski definition) is 1. The van der Waals surface area contributed by atoms with E-state index in [9.17, 15) is 9.18 Å². The van der Waals surface area contributed by atoms with Gasteiger partial charge in [-0.2, -0.15) is 0 Å². The summed E-state index contributed by atoms with van der Waals surface area (Å²) in [6, 6.07) is 1.20. The Morgan fingerprint density at radius 2 is 2.20 bits per heavy atom. The molecule has 1 rings (SSSR count). The Morgan fingerprint density at radius 1 is 1.60 bits per heavy atom. The van der Waals surface area contributed by atoms with Crippen molar-refractivity contribution >= 4 is 11.8 Å². The molecule has 0 bridgehead atoms. The molecule has 0 saturated heterocycles. The Bertz CT molecular complexity index is 380. The highest BCUT2D eigenvalue weighted by atomic mass is 19.1. The topological polar surface area (TPSA) is 53.4 Å². The summed E-state index contributed by atoms with van der Waals surface area (Å²) in [5, 5.41) is 8.72. The first-order valence-corrected chi connectivity index (χ1v) is 4.55. The van der Waals surface area contributed by atoms with Gasteiger partial charge in [0.15, 0.2) is 11.6 Å². The Labute approximate surface area is 87.4 Å². The first kappa shape index (κ1) is 11.4. The zero-order chi connectivity index (χ0) is 11.6. The van der Waals surface area contributed by atoms with Gasteiger partial charge in [0.1, 0.15) is 5.56 Å². The standard InChI is InChI=1S/C10H13FN2O2/c1-6(2)13(3)9-8(11)7(10(14)15)4-5-12-9/h4-6H,1-3H3,(H,14,15).